The van der Waals surface area contributed by atoms with Crippen LogP contribution in [0.1, 0.15) is 22.4 Å². The van der Waals surface area contributed by atoms with Gasteiger partial charge in [0.15, 0.2) is 0 Å². The van der Waals surface area contributed by atoms with Crippen molar-refractivity contribution < 1.29 is 4.39 Å². The topological polar surface area (TPSA) is 64.8 Å². The van der Waals surface area contributed by atoms with E-state index < -0.39 is 5.82 Å². The fourth-order valence-corrected chi connectivity index (χ4v) is 3.61. The molecule has 0 bridgehead atoms. The molecule has 140 valence electrons. The number of nitrogens with zero attached hydrogens (tertiary/aromatic N) is 4. The molecule has 5 nitrogen and oxygen atoms in total. The van der Waals surface area contributed by atoms with Crippen LogP contribution in [0.2, 0.25) is 5.02 Å². The van der Waals surface area contributed by atoms with Crippen LogP contribution in [0.15, 0.2) is 42.7 Å². The summed E-state index contributed by atoms with van der Waals surface area (Å²) in [6.45, 7) is 3.39. The molecule has 28 heavy (non-hydrogen) atoms. The first-order valence-corrected chi connectivity index (χ1v) is 9.23. The second kappa shape index (κ2) is 7.45. The molecular formula is C21H17ClFN5. The van der Waals surface area contributed by atoms with E-state index in [0.717, 1.165) is 35.6 Å². The van der Waals surface area contributed by atoms with Gasteiger partial charge < -0.3 is 10.2 Å². The lowest BCUT2D eigenvalue weighted by Crippen LogP contribution is -2.32. The lowest BCUT2D eigenvalue weighted by molar-refractivity contribution is 0.632. The van der Waals surface area contributed by atoms with E-state index in [1.165, 1.54) is 6.07 Å². The number of nitriles is 1. The second-order valence-corrected chi connectivity index (χ2v) is 7.11. The molecule has 2 aromatic heterocycles. The van der Waals surface area contributed by atoms with E-state index in [9.17, 15) is 4.39 Å². The third kappa shape index (κ3) is 3.49. The van der Waals surface area contributed by atoms with Gasteiger partial charge in [-0.3, -0.25) is 4.98 Å². The number of halogens is 2. The maximum Gasteiger partial charge on any atom is 0.148 e. The Morgan fingerprint density at radius 2 is 2.11 bits per heavy atom. The molecule has 0 saturated heterocycles. The summed E-state index contributed by atoms with van der Waals surface area (Å²) in [5.74, 6) is 0.449. The molecule has 1 aliphatic heterocycles. The van der Waals surface area contributed by atoms with E-state index in [1.807, 2.05) is 19.1 Å². The Balaban J connectivity index is 1.60. The van der Waals surface area contributed by atoms with Crippen molar-refractivity contribution in [1.82, 2.24) is 9.97 Å². The van der Waals surface area contributed by atoms with Gasteiger partial charge in [-0.05, 0) is 42.3 Å². The molecule has 0 aliphatic carbocycles. The van der Waals surface area contributed by atoms with Crippen molar-refractivity contribution in [2.75, 3.05) is 16.8 Å². The Labute approximate surface area is 167 Å². The van der Waals surface area contributed by atoms with Crippen molar-refractivity contribution in [2.24, 2.45) is 0 Å². The summed E-state index contributed by atoms with van der Waals surface area (Å²) in [6.07, 6.45) is 4.08. The first-order chi connectivity index (χ1) is 13.5. The van der Waals surface area contributed by atoms with Crippen molar-refractivity contribution >= 4 is 28.8 Å². The Kier molecular flexibility index (Phi) is 4.84. The Morgan fingerprint density at radius 3 is 2.86 bits per heavy atom. The monoisotopic (exact) mass is 393 g/mol. The lowest BCUT2D eigenvalue weighted by atomic mass is 10.0. The van der Waals surface area contributed by atoms with Crippen LogP contribution in [0.25, 0.3) is 0 Å². The Morgan fingerprint density at radius 1 is 1.25 bits per heavy atom. The quantitative estimate of drug-likeness (QED) is 0.695. The molecule has 0 saturated carbocycles. The van der Waals surface area contributed by atoms with Crippen molar-refractivity contribution in [2.45, 2.75) is 19.9 Å². The number of anilines is 3. The minimum atomic E-state index is -0.413. The maximum atomic E-state index is 14.1. The summed E-state index contributed by atoms with van der Waals surface area (Å²) in [7, 11) is 0. The largest absolute Gasteiger partial charge is 0.352 e. The number of aryl methyl sites for hydroxylation is 1. The van der Waals surface area contributed by atoms with E-state index in [1.54, 1.807) is 24.5 Å². The molecule has 1 N–H and O–H groups in total. The standard InChI is InChI=1S/C21H17ClFN5/c1-13-7-14(9-24)10-26-21(13)28-6-5-19-15(12-28)8-16(11-25-19)27-20-17(22)3-2-4-18(20)23/h2-4,7-8,10-11,27H,5-6,12H2,1H3. The summed E-state index contributed by atoms with van der Waals surface area (Å²) in [5.41, 5.74) is 4.50. The smallest absolute Gasteiger partial charge is 0.148 e. The van der Waals surface area contributed by atoms with Gasteiger partial charge in [-0.25, -0.2) is 9.37 Å². The number of hydrogen-bond donors (Lipinski definition) is 1. The van der Waals surface area contributed by atoms with E-state index >= 15 is 0 Å². The number of nitrogens with one attached hydrogen (secondary N) is 1. The van der Waals surface area contributed by atoms with Crippen LogP contribution in [0.3, 0.4) is 0 Å². The summed E-state index contributed by atoms with van der Waals surface area (Å²) in [5, 5.41) is 12.4. The molecule has 0 radical (unpaired) electrons. The first kappa shape index (κ1) is 18.2. The Bertz CT molecular complexity index is 1070. The number of hydrogen-bond acceptors (Lipinski definition) is 5. The summed E-state index contributed by atoms with van der Waals surface area (Å²) in [6, 6.07) is 10.5. The lowest BCUT2D eigenvalue weighted by Gasteiger charge is -2.30. The zero-order valence-electron chi connectivity index (χ0n) is 15.2. The third-order valence-electron chi connectivity index (χ3n) is 4.75. The predicted octanol–water partition coefficient (Wildman–Crippen LogP) is 4.76. The molecule has 0 atom stereocenters. The molecule has 0 amide bonds. The predicted molar refractivity (Wildman–Crippen MR) is 107 cm³/mol. The van der Waals surface area contributed by atoms with Crippen LogP contribution < -0.4 is 10.2 Å². The molecule has 1 aliphatic rings. The number of para-hydroxylation sites is 1. The average Bonchev–Trinajstić information content (AvgIpc) is 2.70. The highest BCUT2D eigenvalue weighted by atomic mass is 35.5. The Hall–Kier alpha value is -3.17. The molecule has 7 heteroatoms. The zero-order valence-corrected chi connectivity index (χ0v) is 16.0. The summed E-state index contributed by atoms with van der Waals surface area (Å²) < 4.78 is 14.1. The van der Waals surface area contributed by atoms with Gasteiger partial charge in [-0.2, -0.15) is 5.26 Å². The number of aromatic nitrogens is 2. The first-order valence-electron chi connectivity index (χ1n) is 8.85. The molecule has 3 aromatic rings. The van der Waals surface area contributed by atoms with E-state index in [0.29, 0.717) is 22.8 Å². The highest BCUT2D eigenvalue weighted by Crippen LogP contribution is 2.30. The van der Waals surface area contributed by atoms with Gasteiger partial charge in [0.05, 0.1) is 28.2 Å². The van der Waals surface area contributed by atoms with Gasteiger partial charge in [-0.15, -0.1) is 0 Å². The number of pyridine rings is 2. The fraction of sp³-hybridized carbons (Fsp3) is 0.190. The van der Waals surface area contributed by atoms with Crippen LogP contribution >= 0.6 is 11.6 Å². The fourth-order valence-electron chi connectivity index (χ4n) is 3.40. The third-order valence-corrected chi connectivity index (χ3v) is 5.07. The highest BCUT2D eigenvalue weighted by Gasteiger charge is 2.21. The van der Waals surface area contributed by atoms with Gasteiger partial charge in [-0.1, -0.05) is 17.7 Å². The molecular weight excluding hydrogens is 377 g/mol. The minimum absolute atomic E-state index is 0.239. The molecule has 4 rings (SSSR count). The number of fused-ring (bicyclic) bond motifs is 1. The van der Waals surface area contributed by atoms with E-state index in [2.05, 4.69) is 26.3 Å². The molecule has 1 aromatic carbocycles. The molecule has 3 heterocycles. The molecule has 0 unspecified atom stereocenters. The van der Waals surface area contributed by atoms with Crippen LogP contribution in [0.4, 0.5) is 21.6 Å². The van der Waals surface area contributed by atoms with Gasteiger partial charge in [0.1, 0.15) is 17.7 Å². The van der Waals surface area contributed by atoms with Crippen LogP contribution in [0.5, 0.6) is 0 Å². The highest BCUT2D eigenvalue weighted by molar-refractivity contribution is 6.33. The van der Waals surface area contributed by atoms with Gasteiger partial charge in [0.2, 0.25) is 0 Å². The van der Waals surface area contributed by atoms with Crippen LogP contribution in [-0.2, 0) is 13.0 Å². The van der Waals surface area contributed by atoms with E-state index in [-0.39, 0.29) is 5.69 Å². The minimum Gasteiger partial charge on any atom is -0.352 e. The normalized spacial score (nSPS) is 13.0. The van der Waals surface area contributed by atoms with Crippen molar-refractivity contribution in [3.63, 3.8) is 0 Å². The molecule has 0 fully saturated rings. The van der Waals surface area contributed by atoms with Crippen molar-refractivity contribution in [3.05, 3.63) is 75.9 Å². The average molecular weight is 394 g/mol. The summed E-state index contributed by atoms with van der Waals surface area (Å²) >= 11 is 6.11. The van der Waals surface area contributed by atoms with Crippen molar-refractivity contribution in [1.29, 1.82) is 5.26 Å². The van der Waals surface area contributed by atoms with Gasteiger partial charge >= 0.3 is 0 Å². The second-order valence-electron chi connectivity index (χ2n) is 6.70. The van der Waals surface area contributed by atoms with Crippen molar-refractivity contribution in [3.8, 4) is 6.07 Å². The molecule has 0 spiro atoms. The SMILES string of the molecule is Cc1cc(C#N)cnc1N1CCc2ncc(Nc3c(F)cccc3Cl)cc2C1. The summed E-state index contributed by atoms with van der Waals surface area (Å²) in [4.78, 5) is 11.2. The maximum absolute atomic E-state index is 14.1. The van der Waals surface area contributed by atoms with Crippen LogP contribution in [-0.4, -0.2) is 16.5 Å². The van der Waals surface area contributed by atoms with Gasteiger partial charge in [0.25, 0.3) is 0 Å². The van der Waals surface area contributed by atoms with Crippen LogP contribution in [0, 0.1) is 24.1 Å². The number of benzene rings is 1. The van der Waals surface area contributed by atoms with E-state index in [4.69, 9.17) is 16.9 Å². The van der Waals surface area contributed by atoms with Gasteiger partial charge in [0, 0.05) is 31.4 Å². The zero-order chi connectivity index (χ0) is 19.7. The number of rotatable bonds is 3.